The number of amides is 1. The maximum Gasteiger partial charge on any atom is 0.280 e. The minimum atomic E-state index is -0.148. The van der Waals surface area contributed by atoms with E-state index in [4.69, 9.17) is 4.52 Å². The summed E-state index contributed by atoms with van der Waals surface area (Å²) in [7, 11) is 0. The maximum atomic E-state index is 12.7. The zero-order chi connectivity index (χ0) is 15.8. The lowest BCUT2D eigenvalue weighted by molar-refractivity contribution is 0.0981. The molecule has 0 fully saturated rings. The fourth-order valence-electron chi connectivity index (χ4n) is 2.74. The number of anilines is 1. The molecular formula is C17H12BrN3O2. The first kappa shape index (κ1) is 14.1. The highest BCUT2D eigenvalue weighted by atomic mass is 79.9. The van der Waals surface area contributed by atoms with Gasteiger partial charge in [0.1, 0.15) is 0 Å². The lowest BCUT2D eigenvalue weighted by Crippen LogP contribution is -2.29. The summed E-state index contributed by atoms with van der Waals surface area (Å²) in [5.74, 6) is 0.390. The van der Waals surface area contributed by atoms with Crippen molar-refractivity contribution < 1.29 is 9.32 Å². The number of aromatic nitrogens is 2. The van der Waals surface area contributed by atoms with E-state index in [9.17, 15) is 4.79 Å². The molecule has 23 heavy (non-hydrogen) atoms. The van der Waals surface area contributed by atoms with E-state index in [-0.39, 0.29) is 5.91 Å². The molecule has 3 aromatic rings. The van der Waals surface area contributed by atoms with E-state index in [1.165, 1.54) is 0 Å². The Morgan fingerprint density at radius 3 is 3.00 bits per heavy atom. The SMILES string of the molecule is O=C(c1cc(-c2cccnc2)on1)N1CCc2cc(Br)ccc21. The van der Waals surface area contributed by atoms with Crippen molar-refractivity contribution in [1.82, 2.24) is 10.1 Å². The number of halogens is 1. The molecule has 6 heteroatoms. The molecule has 0 radical (unpaired) electrons. The number of hydrogen-bond acceptors (Lipinski definition) is 4. The Bertz CT molecular complexity index is 877. The van der Waals surface area contributed by atoms with Crippen LogP contribution in [0.4, 0.5) is 5.69 Å². The average Bonchev–Trinajstić information content (AvgIpc) is 3.22. The van der Waals surface area contributed by atoms with E-state index in [1.807, 2.05) is 30.3 Å². The molecular weight excluding hydrogens is 358 g/mol. The van der Waals surface area contributed by atoms with Crippen LogP contribution in [0.3, 0.4) is 0 Å². The third-order valence-corrected chi connectivity index (χ3v) is 4.35. The number of hydrogen-bond donors (Lipinski definition) is 0. The van der Waals surface area contributed by atoms with Gasteiger partial charge in [-0.15, -0.1) is 0 Å². The Hall–Kier alpha value is -2.47. The first-order valence-corrected chi connectivity index (χ1v) is 7.99. The van der Waals surface area contributed by atoms with E-state index in [1.54, 1.807) is 23.4 Å². The molecule has 1 aliphatic rings. The molecule has 2 aromatic heterocycles. The summed E-state index contributed by atoms with van der Waals surface area (Å²) in [6.45, 7) is 0.652. The van der Waals surface area contributed by atoms with E-state index in [0.717, 1.165) is 27.7 Å². The zero-order valence-electron chi connectivity index (χ0n) is 12.1. The van der Waals surface area contributed by atoms with E-state index in [0.29, 0.717) is 18.0 Å². The summed E-state index contributed by atoms with van der Waals surface area (Å²) >= 11 is 3.46. The quantitative estimate of drug-likeness (QED) is 0.690. The van der Waals surface area contributed by atoms with Crippen molar-refractivity contribution in [3.63, 3.8) is 0 Å². The van der Waals surface area contributed by atoms with Crippen LogP contribution >= 0.6 is 15.9 Å². The van der Waals surface area contributed by atoms with Crippen LogP contribution in [0.2, 0.25) is 0 Å². The molecule has 0 saturated heterocycles. The molecule has 0 unspecified atom stereocenters. The van der Waals surface area contributed by atoms with Gasteiger partial charge in [-0.25, -0.2) is 0 Å². The predicted molar refractivity (Wildman–Crippen MR) is 89.3 cm³/mol. The number of nitrogens with zero attached hydrogens (tertiary/aromatic N) is 3. The Balaban J connectivity index is 1.63. The van der Waals surface area contributed by atoms with Crippen LogP contribution in [0.15, 0.2) is 57.8 Å². The lowest BCUT2D eigenvalue weighted by Gasteiger charge is -2.15. The number of carbonyl (C=O) groups excluding carboxylic acids is 1. The second kappa shape index (κ2) is 5.62. The molecule has 4 rings (SSSR count). The van der Waals surface area contributed by atoms with Crippen molar-refractivity contribution >= 4 is 27.5 Å². The summed E-state index contributed by atoms with van der Waals surface area (Å²) in [5, 5.41) is 3.92. The Morgan fingerprint density at radius 2 is 2.17 bits per heavy atom. The highest BCUT2D eigenvalue weighted by Gasteiger charge is 2.27. The van der Waals surface area contributed by atoms with Gasteiger partial charge in [-0.2, -0.15) is 0 Å². The number of carbonyl (C=O) groups is 1. The molecule has 3 heterocycles. The first-order valence-electron chi connectivity index (χ1n) is 7.20. The second-order valence-electron chi connectivity index (χ2n) is 5.30. The van der Waals surface area contributed by atoms with Crippen LogP contribution in [0.1, 0.15) is 16.1 Å². The third kappa shape index (κ3) is 2.55. The van der Waals surface area contributed by atoms with Crippen LogP contribution < -0.4 is 4.90 Å². The molecule has 0 N–H and O–H groups in total. The Morgan fingerprint density at radius 1 is 1.26 bits per heavy atom. The molecule has 1 aromatic carbocycles. The number of pyridine rings is 1. The van der Waals surface area contributed by atoms with Crippen LogP contribution in [-0.2, 0) is 6.42 Å². The molecule has 114 valence electrons. The fourth-order valence-corrected chi connectivity index (χ4v) is 3.15. The van der Waals surface area contributed by atoms with Crippen molar-refractivity contribution in [2.24, 2.45) is 0 Å². The Kier molecular flexibility index (Phi) is 3.46. The largest absolute Gasteiger partial charge is 0.355 e. The molecule has 0 saturated carbocycles. The molecule has 0 aliphatic carbocycles. The molecule has 0 spiro atoms. The zero-order valence-corrected chi connectivity index (χ0v) is 13.7. The average molecular weight is 370 g/mol. The molecule has 5 nitrogen and oxygen atoms in total. The van der Waals surface area contributed by atoms with Gasteiger partial charge in [0.05, 0.1) is 0 Å². The van der Waals surface area contributed by atoms with E-state index < -0.39 is 0 Å². The summed E-state index contributed by atoms with van der Waals surface area (Å²) in [6, 6.07) is 11.3. The maximum absolute atomic E-state index is 12.7. The lowest BCUT2D eigenvalue weighted by atomic mass is 10.2. The van der Waals surface area contributed by atoms with Crippen LogP contribution in [0.25, 0.3) is 11.3 Å². The molecule has 0 bridgehead atoms. The molecule has 0 atom stereocenters. The van der Waals surface area contributed by atoms with Gasteiger partial charge >= 0.3 is 0 Å². The second-order valence-corrected chi connectivity index (χ2v) is 6.21. The van der Waals surface area contributed by atoms with Gasteiger partial charge < -0.3 is 9.42 Å². The van der Waals surface area contributed by atoms with Crippen LogP contribution in [0, 0.1) is 0 Å². The van der Waals surface area contributed by atoms with Crippen molar-refractivity contribution in [2.75, 3.05) is 11.4 Å². The van der Waals surface area contributed by atoms with Gasteiger partial charge in [-0.1, -0.05) is 21.1 Å². The van der Waals surface area contributed by atoms with Gasteiger partial charge in [0, 0.05) is 40.7 Å². The standard InChI is InChI=1S/C17H12BrN3O2/c18-13-3-4-15-11(8-13)5-7-21(15)17(22)14-9-16(23-20-14)12-2-1-6-19-10-12/h1-4,6,8-10H,5,7H2. The minimum absolute atomic E-state index is 0.148. The normalized spacial score (nSPS) is 13.2. The monoisotopic (exact) mass is 369 g/mol. The highest BCUT2D eigenvalue weighted by Crippen LogP contribution is 2.32. The van der Waals surface area contributed by atoms with E-state index in [2.05, 4.69) is 26.1 Å². The summed E-state index contributed by atoms with van der Waals surface area (Å²) in [6.07, 6.45) is 4.20. The van der Waals surface area contributed by atoms with Crippen LogP contribution in [0.5, 0.6) is 0 Å². The minimum Gasteiger partial charge on any atom is -0.355 e. The molecule has 1 amide bonds. The van der Waals surface area contributed by atoms with Gasteiger partial charge in [-0.05, 0) is 42.3 Å². The summed E-state index contributed by atoms with van der Waals surface area (Å²) in [5.41, 5.74) is 3.19. The van der Waals surface area contributed by atoms with Crippen molar-refractivity contribution in [3.8, 4) is 11.3 Å². The van der Waals surface area contributed by atoms with Gasteiger partial charge in [0.2, 0.25) is 0 Å². The predicted octanol–water partition coefficient (Wildman–Crippen LogP) is 3.70. The number of rotatable bonds is 2. The van der Waals surface area contributed by atoms with Crippen molar-refractivity contribution in [2.45, 2.75) is 6.42 Å². The Labute approximate surface area is 141 Å². The molecule has 1 aliphatic heterocycles. The van der Waals surface area contributed by atoms with Crippen LogP contribution in [-0.4, -0.2) is 22.6 Å². The summed E-state index contributed by atoms with van der Waals surface area (Å²) in [4.78, 5) is 18.5. The highest BCUT2D eigenvalue weighted by molar-refractivity contribution is 9.10. The first-order chi connectivity index (χ1) is 11.2. The topological polar surface area (TPSA) is 59.2 Å². The van der Waals surface area contributed by atoms with Crippen molar-refractivity contribution in [3.05, 3.63) is 64.5 Å². The van der Waals surface area contributed by atoms with Gasteiger partial charge in [0.15, 0.2) is 11.5 Å². The van der Waals surface area contributed by atoms with E-state index >= 15 is 0 Å². The van der Waals surface area contributed by atoms with Gasteiger partial charge in [-0.3, -0.25) is 9.78 Å². The fraction of sp³-hybridized carbons (Fsp3) is 0.118. The number of benzene rings is 1. The number of fused-ring (bicyclic) bond motifs is 1. The summed E-state index contributed by atoms with van der Waals surface area (Å²) < 4.78 is 6.31. The third-order valence-electron chi connectivity index (χ3n) is 3.86. The smallest absolute Gasteiger partial charge is 0.280 e. The van der Waals surface area contributed by atoms with Gasteiger partial charge in [0.25, 0.3) is 5.91 Å². The van der Waals surface area contributed by atoms with Crippen molar-refractivity contribution in [1.29, 1.82) is 0 Å².